The fraction of sp³-hybridized carbons (Fsp3) is 0.182. The number of aliphatic hydroxyl groups is 2. The van der Waals surface area contributed by atoms with Crippen LogP contribution in [-0.4, -0.2) is 41.4 Å². The van der Waals surface area contributed by atoms with Gasteiger partial charge in [0.15, 0.2) is 0 Å². The Morgan fingerprint density at radius 1 is 0.733 bits per heavy atom. The van der Waals surface area contributed by atoms with Gasteiger partial charge in [0.1, 0.15) is 0 Å². The normalized spacial score (nSPS) is 11.0. The van der Waals surface area contributed by atoms with Crippen molar-refractivity contribution < 1.29 is 15.1 Å². The molecule has 0 bridgehead atoms. The molecular weight excluding hydrogens is 384 g/mol. The molecule has 2 N–H and O–H groups in total. The van der Waals surface area contributed by atoms with Crippen molar-refractivity contribution in [3.05, 3.63) is 82.9 Å². The molecule has 0 spiro atoms. The maximum Gasteiger partial charge on any atom is 0.269 e. The maximum atomic E-state index is 10.7. The van der Waals surface area contributed by atoms with E-state index in [1.54, 1.807) is 12.1 Å². The van der Waals surface area contributed by atoms with E-state index in [1.807, 2.05) is 53.4 Å². The van der Waals surface area contributed by atoms with Gasteiger partial charge in [0.2, 0.25) is 0 Å². The van der Waals surface area contributed by atoms with E-state index in [-0.39, 0.29) is 18.9 Å². The molecule has 0 saturated heterocycles. The van der Waals surface area contributed by atoms with Crippen LogP contribution in [0.15, 0.2) is 83.0 Å². The van der Waals surface area contributed by atoms with Gasteiger partial charge in [0.05, 0.1) is 29.5 Å². The van der Waals surface area contributed by atoms with E-state index in [1.165, 1.54) is 12.1 Å². The average Bonchev–Trinajstić information content (AvgIpc) is 2.78. The fourth-order valence-corrected chi connectivity index (χ4v) is 2.95. The summed E-state index contributed by atoms with van der Waals surface area (Å²) in [6.45, 7) is 0.984. The monoisotopic (exact) mass is 406 g/mol. The van der Waals surface area contributed by atoms with Crippen LogP contribution in [0.5, 0.6) is 0 Å². The number of aliphatic hydroxyl groups excluding tert-OH is 2. The van der Waals surface area contributed by atoms with Gasteiger partial charge >= 0.3 is 0 Å². The summed E-state index contributed by atoms with van der Waals surface area (Å²) in [4.78, 5) is 12.1. The van der Waals surface area contributed by atoms with Crippen molar-refractivity contribution in [3.63, 3.8) is 0 Å². The zero-order valence-corrected chi connectivity index (χ0v) is 16.3. The number of rotatable bonds is 9. The second kappa shape index (κ2) is 10.2. The number of nitrogens with zero attached hydrogens (tertiary/aromatic N) is 4. The van der Waals surface area contributed by atoms with E-state index in [4.69, 9.17) is 10.2 Å². The molecule has 8 nitrogen and oxygen atoms in total. The Hall–Kier alpha value is -3.62. The van der Waals surface area contributed by atoms with Crippen LogP contribution in [-0.2, 0) is 0 Å². The lowest BCUT2D eigenvalue weighted by molar-refractivity contribution is -0.384. The van der Waals surface area contributed by atoms with Crippen LogP contribution in [0, 0.1) is 10.1 Å². The third-order valence-electron chi connectivity index (χ3n) is 4.51. The number of nitro benzene ring substituents is 1. The molecular formula is C22H22N4O4. The minimum Gasteiger partial charge on any atom is -0.395 e. The van der Waals surface area contributed by atoms with Gasteiger partial charge in [-0.3, -0.25) is 10.1 Å². The average molecular weight is 406 g/mol. The lowest BCUT2D eigenvalue weighted by Gasteiger charge is -2.23. The Labute approximate surface area is 173 Å². The SMILES string of the molecule is O=[N+]([O-])c1ccc(N=Nc2ccc(-c3ccc(N(CCO)CCO)cc3)cc2)cc1. The summed E-state index contributed by atoms with van der Waals surface area (Å²) in [5, 5.41) is 37.3. The Morgan fingerprint density at radius 2 is 1.17 bits per heavy atom. The number of benzene rings is 3. The molecule has 8 heteroatoms. The van der Waals surface area contributed by atoms with Crippen LogP contribution >= 0.6 is 0 Å². The highest BCUT2D eigenvalue weighted by atomic mass is 16.6. The van der Waals surface area contributed by atoms with Gasteiger partial charge in [-0.1, -0.05) is 24.3 Å². The first-order valence-electron chi connectivity index (χ1n) is 9.44. The highest BCUT2D eigenvalue weighted by molar-refractivity contribution is 5.67. The molecule has 0 fully saturated rings. The quantitative estimate of drug-likeness (QED) is 0.309. The molecule has 0 aliphatic rings. The highest BCUT2D eigenvalue weighted by Crippen LogP contribution is 2.26. The van der Waals surface area contributed by atoms with Gasteiger partial charge in [-0.15, -0.1) is 0 Å². The van der Waals surface area contributed by atoms with Gasteiger partial charge in [0, 0.05) is 30.9 Å². The van der Waals surface area contributed by atoms with Crippen molar-refractivity contribution in [1.29, 1.82) is 0 Å². The summed E-state index contributed by atoms with van der Waals surface area (Å²) in [6, 6.07) is 21.4. The van der Waals surface area contributed by atoms with E-state index in [9.17, 15) is 10.1 Å². The maximum absolute atomic E-state index is 10.7. The van der Waals surface area contributed by atoms with Crippen LogP contribution in [0.25, 0.3) is 11.1 Å². The third-order valence-corrected chi connectivity index (χ3v) is 4.51. The summed E-state index contributed by atoms with van der Waals surface area (Å²) in [5.74, 6) is 0. The minimum absolute atomic E-state index is 0.0140. The molecule has 0 unspecified atom stereocenters. The van der Waals surface area contributed by atoms with Crippen molar-refractivity contribution in [2.24, 2.45) is 10.2 Å². The first-order valence-corrected chi connectivity index (χ1v) is 9.44. The van der Waals surface area contributed by atoms with Crippen LogP contribution < -0.4 is 4.90 Å². The molecule has 3 aromatic rings. The van der Waals surface area contributed by atoms with Crippen molar-refractivity contribution in [2.45, 2.75) is 0 Å². The summed E-state index contributed by atoms with van der Waals surface area (Å²) in [5.41, 5.74) is 4.22. The predicted molar refractivity (Wildman–Crippen MR) is 116 cm³/mol. The summed E-state index contributed by atoms with van der Waals surface area (Å²) in [7, 11) is 0. The van der Waals surface area contributed by atoms with Gasteiger partial charge in [-0.25, -0.2) is 0 Å². The molecule has 0 amide bonds. The van der Waals surface area contributed by atoms with E-state index in [2.05, 4.69) is 10.2 Å². The molecule has 3 aromatic carbocycles. The number of azo groups is 1. The zero-order valence-electron chi connectivity index (χ0n) is 16.3. The standard InChI is InChI=1S/C22H22N4O4/c27-15-13-25(14-16-28)21-9-3-18(4-10-21)17-1-5-19(6-2-17)23-24-20-7-11-22(12-8-20)26(29)30/h1-12,27-28H,13-16H2. The van der Waals surface area contributed by atoms with Crippen LogP contribution in [0.4, 0.5) is 22.7 Å². The van der Waals surface area contributed by atoms with Crippen molar-refractivity contribution >= 4 is 22.7 Å². The molecule has 0 aromatic heterocycles. The summed E-state index contributed by atoms with van der Waals surface area (Å²) in [6.07, 6.45) is 0. The predicted octanol–water partition coefficient (Wildman–Crippen LogP) is 4.47. The molecule has 0 saturated carbocycles. The Morgan fingerprint density at radius 3 is 1.60 bits per heavy atom. The fourth-order valence-electron chi connectivity index (χ4n) is 2.95. The molecule has 154 valence electrons. The number of hydrogen-bond acceptors (Lipinski definition) is 7. The van der Waals surface area contributed by atoms with Crippen LogP contribution in [0.3, 0.4) is 0 Å². The second-order valence-corrected chi connectivity index (χ2v) is 6.50. The third kappa shape index (κ3) is 5.47. The molecule has 3 rings (SSSR count). The first-order chi connectivity index (χ1) is 14.6. The highest BCUT2D eigenvalue weighted by Gasteiger charge is 2.06. The number of non-ortho nitro benzene ring substituents is 1. The van der Waals surface area contributed by atoms with E-state index in [0.29, 0.717) is 24.5 Å². The number of hydrogen-bond donors (Lipinski definition) is 2. The molecule has 0 heterocycles. The Kier molecular flexibility index (Phi) is 7.20. The second-order valence-electron chi connectivity index (χ2n) is 6.50. The first kappa shape index (κ1) is 21.1. The Balaban J connectivity index is 1.68. The Bertz CT molecular complexity index is 981. The van der Waals surface area contributed by atoms with Crippen molar-refractivity contribution in [1.82, 2.24) is 0 Å². The molecule has 0 radical (unpaired) electrons. The lowest BCUT2D eigenvalue weighted by atomic mass is 10.0. The van der Waals surface area contributed by atoms with E-state index >= 15 is 0 Å². The largest absolute Gasteiger partial charge is 0.395 e. The number of nitro groups is 1. The number of anilines is 1. The smallest absolute Gasteiger partial charge is 0.269 e. The zero-order chi connectivity index (χ0) is 21.3. The summed E-state index contributed by atoms with van der Waals surface area (Å²) < 4.78 is 0. The van der Waals surface area contributed by atoms with Gasteiger partial charge in [-0.2, -0.15) is 10.2 Å². The van der Waals surface area contributed by atoms with Crippen molar-refractivity contribution in [2.75, 3.05) is 31.2 Å². The lowest BCUT2D eigenvalue weighted by Crippen LogP contribution is -2.29. The van der Waals surface area contributed by atoms with Crippen LogP contribution in [0.2, 0.25) is 0 Å². The molecule has 0 aliphatic heterocycles. The van der Waals surface area contributed by atoms with Crippen LogP contribution in [0.1, 0.15) is 0 Å². The molecule has 30 heavy (non-hydrogen) atoms. The van der Waals surface area contributed by atoms with E-state index in [0.717, 1.165) is 16.8 Å². The molecule has 0 atom stereocenters. The minimum atomic E-state index is -0.455. The van der Waals surface area contributed by atoms with Gasteiger partial charge in [0.25, 0.3) is 5.69 Å². The van der Waals surface area contributed by atoms with E-state index < -0.39 is 4.92 Å². The topological polar surface area (TPSA) is 112 Å². The van der Waals surface area contributed by atoms with Gasteiger partial charge < -0.3 is 15.1 Å². The molecule has 0 aliphatic carbocycles. The van der Waals surface area contributed by atoms with Gasteiger partial charge in [-0.05, 0) is 47.5 Å². The van der Waals surface area contributed by atoms with Crippen molar-refractivity contribution in [3.8, 4) is 11.1 Å². The summed E-state index contributed by atoms with van der Waals surface area (Å²) >= 11 is 0.